The second-order valence-corrected chi connectivity index (χ2v) is 5.18. The molecular formula is C14H17BrN4. The Kier molecular flexibility index (Phi) is 4.85. The third kappa shape index (κ3) is 4.28. The van der Waals surface area contributed by atoms with E-state index in [1.165, 1.54) is 0 Å². The first-order chi connectivity index (χ1) is 9.17. The Morgan fingerprint density at radius 3 is 2.79 bits per heavy atom. The van der Waals surface area contributed by atoms with Gasteiger partial charge in [0.25, 0.3) is 0 Å². The molecule has 4 nitrogen and oxygen atoms in total. The average molecular weight is 321 g/mol. The maximum absolute atomic E-state index is 4.48. The van der Waals surface area contributed by atoms with Crippen molar-refractivity contribution >= 4 is 21.7 Å². The monoisotopic (exact) mass is 320 g/mol. The minimum Gasteiger partial charge on any atom is -0.364 e. The van der Waals surface area contributed by atoms with Gasteiger partial charge in [-0.05, 0) is 41.4 Å². The Balaban J connectivity index is 2.06. The molecule has 0 saturated heterocycles. The standard InChI is InChI=1S/C14H17BrN4/c1-3-5-13-18-12(15)8-14(19-13)16-9-11-7-4-6-10(2)17-11/h4,6-8H,3,5,9H2,1-2H3,(H,16,18,19). The summed E-state index contributed by atoms with van der Waals surface area (Å²) in [5, 5.41) is 3.28. The van der Waals surface area contributed by atoms with Crippen LogP contribution in [0.1, 0.15) is 30.6 Å². The normalized spacial score (nSPS) is 10.5. The van der Waals surface area contributed by atoms with E-state index < -0.39 is 0 Å². The highest BCUT2D eigenvalue weighted by molar-refractivity contribution is 9.10. The van der Waals surface area contributed by atoms with Crippen LogP contribution in [-0.4, -0.2) is 15.0 Å². The van der Waals surface area contributed by atoms with Crippen molar-refractivity contribution < 1.29 is 0 Å². The summed E-state index contributed by atoms with van der Waals surface area (Å²) in [7, 11) is 0. The van der Waals surface area contributed by atoms with E-state index in [1.54, 1.807) is 0 Å². The van der Waals surface area contributed by atoms with E-state index >= 15 is 0 Å². The van der Waals surface area contributed by atoms with Crippen LogP contribution in [0.5, 0.6) is 0 Å². The van der Waals surface area contributed by atoms with E-state index in [2.05, 4.69) is 43.1 Å². The maximum Gasteiger partial charge on any atom is 0.132 e. The zero-order valence-electron chi connectivity index (χ0n) is 11.2. The van der Waals surface area contributed by atoms with Gasteiger partial charge < -0.3 is 5.32 Å². The molecule has 2 aromatic heterocycles. The van der Waals surface area contributed by atoms with Crippen LogP contribution in [0, 0.1) is 6.92 Å². The Labute approximate surface area is 121 Å². The Morgan fingerprint density at radius 1 is 1.21 bits per heavy atom. The first kappa shape index (κ1) is 13.9. The molecule has 0 aromatic carbocycles. The Morgan fingerprint density at radius 2 is 2.05 bits per heavy atom. The van der Waals surface area contributed by atoms with Crippen molar-refractivity contribution in [2.24, 2.45) is 0 Å². The predicted octanol–water partition coefficient (Wildman–Crippen LogP) is 3.51. The van der Waals surface area contributed by atoms with E-state index in [9.17, 15) is 0 Å². The second-order valence-electron chi connectivity index (χ2n) is 4.37. The number of halogens is 1. The molecule has 100 valence electrons. The lowest BCUT2D eigenvalue weighted by atomic mass is 10.3. The summed E-state index contributed by atoms with van der Waals surface area (Å²) >= 11 is 3.41. The van der Waals surface area contributed by atoms with Gasteiger partial charge in [-0.1, -0.05) is 13.0 Å². The number of hydrogen-bond acceptors (Lipinski definition) is 4. The van der Waals surface area contributed by atoms with E-state index in [1.807, 2.05) is 31.2 Å². The third-order valence-electron chi connectivity index (χ3n) is 2.61. The molecule has 0 spiro atoms. The van der Waals surface area contributed by atoms with Gasteiger partial charge in [-0.3, -0.25) is 4.98 Å². The molecule has 0 bridgehead atoms. The minimum atomic E-state index is 0.663. The van der Waals surface area contributed by atoms with Crippen LogP contribution in [-0.2, 0) is 13.0 Å². The number of aryl methyl sites for hydroxylation is 2. The Hall–Kier alpha value is -1.49. The molecule has 0 amide bonds. The van der Waals surface area contributed by atoms with Gasteiger partial charge in [-0.15, -0.1) is 0 Å². The molecule has 0 atom stereocenters. The van der Waals surface area contributed by atoms with E-state index in [4.69, 9.17) is 0 Å². The lowest BCUT2D eigenvalue weighted by Gasteiger charge is -2.08. The van der Waals surface area contributed by atoms with Crippen LogP contribution < -0.4 is 5.32 Å². The van der Waals surface area contributed by atoms with Gasteiger partial charge in [0.05, 0.1) is 12.2 Å². The van der Waals surface area contributed by atoms with Gasteiger partial charge in [-0.2, -0.15) is 0 Å². The summed E-state index contributed by atoms with van der Waals surface area (Å²) in [6.45, 7) is 4.77. The van der Waals surface area contributed by atoms with Gasteiger partial charge >= 0.3 is 0 Å². The molecule has 2 rings (SSSR count). The molecule has 0 saturated carbocycles. The molecule has 0 aliphatic heterocycles. The highest BCUT2D eigenvalue weighted by Crippen LogP contribution is 2.14. The van der Waals surface area contributed by atoms with E-state index in [0.717, 1.165) is 40.5 Å². The summed E-state index contributed by atoms with van der Waals surface area (Å²) in [4.78, 5) is 13.3. The molecule has 1 N–H and O–H groups in total. The average Bonchev–Trinajstić information content (AvgIpc) is 2.36. The van der Waals surface area contributed by atoms with E-state index in [0.29, 0.717) is 6.54 Å². The van der Waals surface area contributed by atoms with Gasteiger partial charge in [0.2, 0.25) is 0 Å². The molecule has 0 fully saturated rings. The molecule has 0 aliphatic rings. The molecule has 5 heteroatoms. The fourth-order valence-electron chi connectivity index (χ4n) is 1.77. The van der Waals surface area contributed by atoms with Crippen molar-refractivity contribution in [2.45, 2.75) is 33.2 Å². The van der Waals surface area contributed by atoms with Gasteiger partial charge in [0, 0.05) is 18.2 Å². The summed E-state index contributed by atoms with van der Waals surface area (Å²) in [5.41, 5.74) is 2.03. The van der Waals surface area contributed by atoms with Crippen LogP contribution in [0.4, 0.5) is 5.82 Å². The van der Waals surface area contributed by atoms with Crippen LogP contribution in [0.25, 0.3) is 0 Å². The van der Waals surface area contributed by atoms with Gasteiger partial charge in [0.15, 0.2) is 0 Å². The highest BCUT2D eigenvalue weighted by atomic mass is 79.9. The predicted molar refractivity (Wildman–Crippen MR) is 80.0 cm³/mol. The van der Waals surface area contributed by atoms with Crippen molar-refractivity contribution in [3.63, 3.8) is 0 Å². The van der Waals surface area contributed by atoms with E-state index in [-0.39, 0.29) is 0 Å². The fraction of sp³-hybridized carbons (Fsp3) is 0.357. The second kappa shape index (κ2) is 6.61. The topological polar surface area (TPSA) is 50.7 Å². The largest absolute Gasteiger partial charge is 0.364 e. The lowest BCUT2D eigenvalue weighted by Crippen LogP contribution is -2.06. The first-order valence-corrected chi connectivity index (χ1v) is 7.16. The van der Waals surface area contributed by atoms with Crippen molar-refractivity contribution in [3.8, 4) is 0 Å². The zero-order chi connectivity index (χ0) is 13.7. The Bertz CT molecular complexity index is 557. The quantitative estimate of drug-likeness (QED) is 0.856. The van der Waals surface area contributed by atoms with Gasteiger partial charge in [-0.25, -0.2) is 9.97 Å². The zero-order valence-corrected chi connectivity index (χ0v) is 12.7. The van der Waals surface area contributed by atoms with Crippen molar-refractivity contribution in [1.82, 2.24) is 15.0 Å². The fourth-order valence-corrected chi connectivity index (χ4v) is 2.19. The first-order valence-electron chi connectivity index (χ1n) is 6.37. The van der Waals surface area contributed by atoms with Crippen molar-refractivity contribution in [2.75, 3.05) is 5.32 Å². The molecular weight excluding hydrogens is 304 g/mol. The number of rotatable bonds is 5. The number of nitrogens with zero attached hydrogens (tertiary/aromatic N) is 3. The van der Waals surface area contributed by atoms with Crippen LogP contribution >= 0.6 is 15.9 Å². The molecule has 2 aromatic rings. The molecule has 0 unspecified atom stereocenters. The number of nitrogens with one attached hydrogen (secondary N) is 1. The molecule has 0 radical (unpaired) electrons. The van der Waals surface area contributed by atoms with Crippen molar-refractivity contribution in [3.05, 3.63) is 46.1 Å². The summed E-state index contributed by atoms with van der Waals surface area (Å²) in [6, 6.07) is 7.89. The summed E-state index contributed by atoms with van der Waals surface area (Å²) in [5.74, 6) is 1.69. The number of anilines is 1. The summed E-state index contributed by atoms with van der Waals surface area (Å²) in [6.07, 6.45) is 1.92. The number of hydrogen-bond donors (Lipinski definition) is 1. The smallest absolute Gasteiger partial charge is 0.132 e. The molecule has 0 aliphatic carbocycles. The summed E-state index contributed by atoms with van der Waals surface area (Å²) < 4.78 is 0.811. The van der Waals surface area contributed by atoms with Crippen LogP contribution in [0.3, 0.4) is 0 Å². The van der Waals surface area contributed by atoms with Gasteiger partial charge in [0.1, 0.15) is 16.2 Å². The molecule has 2 heterocycles. The third-order valence-corrected chi connectivity index (χ3v) is 3.02. The highest BCUT2D eigenvalue weighted by Gasteiger charge is 2.03. The number of pyridine rings is 1. The minimum absolute atomic E-state index is 0.663. The SMILES string of the molecule is CCCc1nc(Br)cc(NCc2cccc(C)n2)n1. The lowest BCUT2D eigenvalue weighted by molar-refractivity contribution is 0.827. The van der Waals surface area contributed by atoms with Crippen LogP contribution in [0.2, 0.25) is 0 Å². The number of aromatic nitrogens is 3. The maximum atomic E-state index is 4.48. The van der Waals surface area contributed by atoms with Crippen LogP contribution in [0.15, 0.2) is 28.9 Å². The molecule has 19 heavy (non-hydrogen) atoms. The van der Waals surface area contributed by atoms with Crippen molar-refractivity contribution in [1.29, 1.82) is 0 Å².